The van der Waals surface area contributed by atoms with Gasteiger partial charge in [-0.25, -0.2) is 10.8 Å². The van der Waals surface area contributed by atoms with Gasteiger partial charge in [0.2, 0.25) is 5.96 Å². The van der Waals surface area contributed by atoms with Crippen LogP contribution in [0.5, 0.6) is 0 Å². The largest absolute Gasteiger partial charge is 0.353 e. The molecule has 88 valence electrons. The first-order valence-corrected chi connectivity index (χ1v) is 5.31. The number of nitrogens with one attached hydrogen (secondary N) is 2. The molecule has 1 aromatic heterocycles. The Morgan fingerprint density at radius 3 is 2.75 bits per heavy atom. The third-order valence-electron chi connectivity index (χ3n) is 1.95. The Morgan fingerprint density at radius 1 is 1.50 bits per heavy atom. The quantitative estimate of drug-likeness (QED) is 0.304. The number of hydrazine groups is 1. The molecule has 0 spiro atoms. The van der Waals surface area contributed by atoms with Crippen molar-refractivity contribution >= 4 is 5.96 Å². The fourth-order valence-electron chi connectivity index (χ4n) is 1.17. The maximum atomic E-state index is 5.35. The van der Waals surface area contributed by atoms with Gasteiger partial charge in [-0.1, -0.05) is 6.07 Å². The molecule has 1 heterocycles. The second kappa shape index (κ2) is 6.07. The average Bonchev–Trinajstić information content (AvgIpc) is 2.26. The Bertz CT molecular complexity index is 342. The van der Waals surface area contributed by atoms with Crippen LogP contribution in [0.1, 0.15) is 25.1 Å². The van der Waals surface area contributed by atoms with Gasteiger partial charge in [0.15, 0.2) is 0 Å². The number of aliphatic imine (C=N–C) groups is 1. The molecule has 0 amide bonds. The van der Waals surface area contributed by atoms with Crippen LogP contribution in [0.3, 0.4) is 0 Å². The van der Waals surface area contributed by atoms with Crippen LogP contribution in [0.4, 0.5) is 0 Å². The summed E-state index contributed by atoms with van der Waals surface area (Å²) < 4.78 is 0. The third-order valence-corrected chi connectivity index (χ3v) is 1.95. The highest BCUT2D eigenvalue weighted by Crippen LogP contribution is 2.00. The lowest BCUT2D eigenvalue weighted by atomic mass is 10.2. The summed E-state index contributed by atoms with van der Waals surface area (Å²) in [6.45, 7) is 6.58. The fourth-order valence-corrected chi connectivity index (χ4v) is 1.17. The first kappa shape index (κ1) is 12.4. The molecule has 0 bridgehead atoms. The fraction of sp³-hybridized carbons (Fsp3) is 0.455. The number of nitrogens with two attached hydrogens (primary N) is 1. The minimum absolute atomic E-state index is 0.297. The minimum Gasteiger partial charge on any atom is -0.353 e. The molecule has 0 fully saturated rings. The van der Waals surface area contributed by atoms with E-state index in [9.17, 15) is 0 Å². The first-order chi connectivity index (χ1) is 7.61. The zero-order valence-corrected chi connectivity index (χ0v) is 9.99. The van der Waals surface area contributed by atoms with Crippen molar-refractivity contribution in [3.8, 4) is 0 Å². The number of aromatic nitrogens is 1. The van der Waals surface area contributed by atoms with Crippen molar-refractivity contribution in [3.05, 3.63) is 29.6 Å². The first-order valence-electron chi connectivity index (χ1n) is 5.31. The van der Waals surface area contributed by atoms with Gasteiger partial charge in [-0.15, -0.1) is 0 Å². The standard InChI is InChI=1S/C11H19N5/c1-8(2)15-11(16-12)14-7-10-5-4-9(3)13-6-10/h4-6,8H,7,12H2,1-3H3,(H2,14,15,16). The number of guanidine groups is 1. The summed E-state index contributed by atoms with van der Waals surface area (Å²) in [6, 6.07) is 4.27. The average molecular weight is 221 g/mol. The monoisotopic (exact) mass is 221 g/mol. The van der Waals surface area contributed by atoms with Crippen LogP contribution in [0, 0.1) is 6.92 Å². The van der Waals surface area contributed by atoms with E-state index in [1.54, 1.807) is 0 Å². The Morgan fingerprint density at radius 2 is 2.25 bits per heavy atom. The molecule has 1 aromatic rings. The molecule has 0 saturated carbocycles. The lowest BCUT2D eigenvalue weighted by Crippen LogP contribution is -2.44. The molecule has 0 radical (unpaired) electrons. The van der Waals surface area contributed by atoms with Crippen molar-refractivity contribution in [2.75, 3.05) is 0 Å². The summed E-state index contributed by atoms with van der Waals surface area (Å²) in [4.78, 5) is 8.51. The van der Waals surface area contributed by atoms with Crippen LogP contribution < -0.4 is 16.6 Å². The lowest BCUT2D eigenvalue weighted by Gasteiger charge is -2.11. The Labute approximate surface area is 96.1 Å². The number of hydrogen-bond donors (Lipinski definition) is 3. The molecule has 4 N–H and O–H groups in total. The maximum absolute atomic E-state index is 5.35. The van der Waals surface area contributed by atoms with Crippen molar-refractivity contribution in [2.24, 2.45) is 10.8 Å². The number of hydrogen-bond acceptors (Lipinski definition) is 3. The SMILES string of the molecule is Cc1ccc(CN=C(NN)NC(C)C)cn1. The van der Waals surface area contributed by atoms with Gasteiger partial charge in [0.1, 0.15) is 0 Å². The van der Waals surface area contributed by atoms with Gasteiger partial charge in [-0.05, 0) is 32.4 Å². The summed E-state index contributed by atoms with van der Waals surface area (Å²) in [6.07, 6.45) is 1.82. The van der Waals surface area contributed by atoms with E-state index in [-0.39, 0.29) is 0 Å². The number of nitrogens with zero attached hydrogens (tertiary/aromatic N) is 2. The molecular formula is C11H19N5. The molecule has 16 heavy (non-hydrogen) atoms. The lowest BCUT2D eigenvalue weighted by molar-refractivity contribution is 0.702. The zero-order chi connectivity index (χ0) is 12.0. The summed E-state index contributed by atoms with van der Waals surface area (Å²) in [7, 11) is 0. The van der Waals surface area contributed by atoms with Crippen molar-refractivity contribution in [1.82, 2.24) is 15.7 Å². The zero-order valence-electron chi connectivity index (χ0n) is 9.99. The predicted octanol–water partition coefficient (Wildman–Crippen LogP) is 0.707. The molecule has 5 nitrogen and oxygen atoms in total. The van der Waals surface area contributed by atoms with Crippen LogP contribution in [0.2, 0.25) is 0 Å². The number of rotatable bonds is 3. The normalized spacial score (nSPS) is 11.7. The van der Waals surface area contributed by atoms with Crippen molar-refractivity contribution in [3.63, 3.8) is 0 Å². The summed E-state index contributed by atoms with van der Waals surface area (Å²) in [5.41, 5.74) is 4.60. The summed E-state index contributed by atoms with van der Waals surface area (Å²) in [5, 5.41) is 3.10. The molecule has 5 heteroatoms. The van der Waals surface area contributed by atoms with Gasteiger partial charge >= 0.3 is 0 Å². The molecule has 0 atom stereocenters. The third kappa shape index (κ3) is 4.27. The summed E-state index contributed by atoms with van der Waals surface area (Å²) >= 11 is 0. The Balaban J connectivity index is 2.59. The molecule has 1 rings (SSSR count). The van der Waals surface area contributed by atoms with Crippen LogP contribution in [-0.4, -0.2) is 17.0 Å². The van der Waals surface area contributed by atoms with Gasteiger partial charge in [0.25, 0.3) is 0 Å². The van der Waals surface area contributed by atoms with Gasteiger partial charge in [-0.2, -0.15) is 0 Å². The van der Waals surface area contributed by atoms with Crippen LogP contribution in [-0.2, 0) is 6.54 Å². The van der Waals surface area contributed by atoms with Gasteiger partial charge in [0, 0.05) is 17.9 Å². The van der Waals surface area contributed by atoms with E-state index in [1.165, 1.54) is 0 Å². The van der Waals surface area contributed by atoms with E-state index in [0.29, 0.717) is 18.5 Å². The highest BCUT2D eigenvalue weighted by atomic mass is 15.3. The van der Waals surface area contributed by atoms with Crippen molar-refractivity contribution in [1.29, 1.82) is 0 Å². The van der Waals surface area contributed by atoms with Crippen LogP contribution in [0.15, 0.2) is 23.3 Å². The molecule has 0 aliphatic rings. The molecule has 0 aliphatic carbocycles. The van der Waals surface area contributed by atoms with Gasteiger partial charge < -0.3 is 5.32 Å². The predicted molar refractivity (Wildman–Crippen MR) is 65.7 cm³/mol. The van der Waals surface area contributed by atoms with E-state index in [0.717, 1.165) is 11.3 Å². The van der Waals surface area contributed by atoms with Crippen LogP contribution in [0.25, 0.3) is 0 Å². The van der Waals surface area contributed by atoms with Gasteiger partial charge in [0.05, 0.1) is 6.54 Å². The smallest absolute Gasteiger partial charge is 0.206 e. The van der Waals surface area contributed by atoms with E-state index in [1.807, 2.05) is 39.1 Å². The van der Waals surface area contributed by atoms with E-state index >= 15 is 0 Å². The molecular weight excluding hydrogens is 202 g/mol. The Kier molecular flexibility index (Phi) is 4.72. The highest BCUT2D eigenvalue weighted by molar-refractivity contribution is 5.79. The van der Waals surface area contributed by atoms with Crippen molar-refractivity contribution in [2.45, 2.75) is 33.4 Å². The van der Waals surface area contributed by atoms with E-state index in [4.69, 9.17) is 5.84 Å². The summed E-state index contributed by atoms with van der Waals surface area (Å²) in [5.74, 6) is 5.94. The molecule has 0 aromatic carbocycles. The second-order valence-electron chi connectivity index (χ2n) is 3.92. The van der Waals surface area contributed by atoms with E-state index in [2.05, 4.69) is 20.7 Å². The minimum atomic E-state index is 0.297. The Hall–Kier alpha value is -1.62. The van der Waals surface area contributed by atoms with Gasteiger partial charge in [-0.3, -0.25) is 10.4 Å². The molecule has 0 saturated heterocycles. The number of aryl methyl sites for hydroxylation is 1. The highest BCUT2D eigenvalue weighted by Gasteiger charge is 1.98. The van der Waals surface area contributed by atoms with Crippen LogP contribution >= 0.6 is 0 Å². The van der Waals surface area contributed by atoms with Crippen molar-refractivity contribution < 1.29 is 0 Å². The van der Waals surface area contributed by atoms with E-state index < -0.39 is 0 Å². The topological polar surface area (TPSA) is 75.3 Å². The maximum Gasteiger partial charge on any atom is 0.206 e. The second-order valence-corrected chi connectivity index (χ2v) is 3.92. The number of pyridine rings is 1. The molecule has 0 unspecified atom stereocenters. The molecule has 0 aliphatic heterocycles.